The molecule has 2 atom stereocenters. The molecule has 7 nitrogen and oxygen atoms in total. The van der Waals surface area contributed by atoms with Gasteiger partial charge >= 0.3 is 0 Å². The standard InChI is InChI=1S/C31H38ClN3O4S/c1-7-24(5)33-31(37)25(6)34(19-26-11-9-8-10-22(26)3)30(36)20-35(27-15-14-23(4)29(32)18-27)40(38,39)28-16-12-21(2)13-17-28/h8-18,24-25H,7,19-20H2,1-6H3,(H,33,37)/t24-,25-/m1/s1. The summed E-state index contributed by atoms with van der Waals surface area (Å²) in [6.45, 7) is 10.8. The lowest BCUT2D eigenvalue weighted by Crippen LogP contribution is -2.52. The van der Waals surface area contributed by atoms with Gasteiger partial charge in [0.15, 0.2) is 0 Å². The van der Waals surface area contributed by atoms with Gasteiger partial charge in [0, 0.05) is 17.6 Å². The Hall–Kier alpha value is -3.36. The molecule has 3 rings (SSSR count). The predicted octanol–water partition coefficient (Wildman–Crippen LogP) is 5.79. The van der Waals surface area contributed by atoms with E-state index in [-0.39, 0.29) is 29.1 Å². The third-order valence-electron chi connectivity index (χ3n) is 7.10. The molecule has 0 heterocycles. The van der Waals surface area contributed by atoms with Crippen LogP contribution in [0.2, 0.25) is 5.02 Å². The topological polar surface area (TPSA) is 86.8 Å². The molecule has 0 radical (unpaired) electrons. The number of nitrogens with zero attached hydrogens (tertiary/aromatic N) is 2. The maximum absolute atomic E-state index is 14.0. The Kier molecular flexibility index (Phi) is 10.4. The Labute approximate surface area is 243 Å². The first-order valence-electron chi connectivity index (χ1n) is 13.3. The molecule has 2 amide bonds. The van der Waals surface area contributed by atoms with Gasteiger partial charge in [-0.25, -0.2) is 8.42 Å². The van der Waals surface area contributed by atoms with E-state index in [1.165, 1.54) is 17.0 Å². The number of halogens is 1. The van der Waals surface area contributed by atoms with Crippen molar-refractivity contribution < 1.29 is 18.0 Å². The van der Waals surface area contributed by atoms with Crippen LogP contribution in [-0.4, -0.2) is 43.8 Å². The maximum Gasteiger partial charge on any atom is 0.264 e. The Balaban J connectivity index is 2.06. The lowest BCUT2D eigenvalue weighted by atomic mass is 10.1. The Morgan fingerprint density at radius 3 is 2.17 bits per heavy atom. The molecule has 0 aliphatic rings. The summed E-state index contributed by atoms with van der Waals surface area (Å²) in [6, 6.07) is 18.0. The van der Waals surface area contributed by atoms with Crippen LogP contribution in [0.5, 0.6) is 0 Å². The number of carbonyl (C=O) groups is 2. The fourth-order valence-electron chi connectivity index (χ4n) is 4.12. The van der Waals surface area contributed by atoms with E-state index in [1.54, 1.807) is 37.3 Å². The normalized spacial score (nSPS) is 12.9. The number of amides is 2. The molecule has 0 saturated heterocycles. The molecule has 214 valence electrons. The minimum Gasteiger partial charge on any atom is -0.352 e. The molecule has 0 unspecified atom stereocenters. The van der Waals surface area contributed by atoms with Crippen LogP contribution in [0.3, 0.4) is 0 Å². The number of benzene rings is 3. The highest BCUT2D eigenvalue weighted by atomic mass is 35.5. The van der Waals surface area contributed by atoms with Crippen LogP contribution >= 0.6 is 11.6 Å². The molecule has 0 fully saturated rings. The van der Waals surface area contributed by atoms with E-state index in [2.05, 4.69) is 5.32 Å². The smallest absolute Gasteiger partial charge is 0.264 e. The van der Waals surface area contributed by atoms with Gasteiger partial charge in [0.05, 0.1) is 10.6 Å². The molecule has 9 heteroatoms. The van der Waals surface area contributed by atoms with Crippen molar-refractivity contribution in [2.75, 3.05) is 10.8 Å². The molecule has 0 bridgehead atoms. The van der Waals surface area contributed by atoms with Crippen LogP contribution in [0.25, 0.3) is 0 Å². The minimum atomic E-state index is -4.15. The quantitative estimate of drug-likeness (QED) is 0.309. The molecule has 40 heavy (non-hydrogen) atoms. The summed E-state index contributed by atoms with van der Waals surface area (Å²) >= 11 is 6.38. The van der Waals surface area contributed by atoms with Crippen LogP contribution in [0, 0.1) is 20.8 Å². The number of rotatable bonds is 11. The highest BCUT2D eigenvalue weighted by Crippen LogP contribution is 2.29. The average molecular weight is 584 g/mol. The van der Waals surface area contributed by atoms with Crippen molar-refractivity contribution in [2.24, 2.45) is 0 Å². The molecule has 0 aliphatic heterocycles. The molecular formula is C31H38ClN3O4S. The second-order valence-corrected chi connectivity index (χ2v) is 12.5. The van der Waals surface area contributed by atoms with Crippen molar-refractivity contribution in [3.63, 3.8) is 0 Å². The number of sulfonamides is 1. The fraction of sp³-hybridized carbons (Fsp3) is 0.355. The average Bonchev–Trinajstić information content (AvgIpc) is 2.92. The summed E-state index contributed by atoms with van der Waals surface area (Å²) < 4.78 is 28.9. The van der Waals surface area contributed by atoms with Crippen LogP contribution in [0.4, 0.5) is 5.69 Å². The maximum atomic E-state index is 14.0. The summed E-state index contributed by atoms with van der Waals surface area (Å²) in [4.78, 5) is 28.7. The van der Waals surface area contributed by atoms with Gasteiger partial charge in [-0.3, -0.25) is 13.9 Å². The van der Waals surface area contributed by atoms with Crippen molar-refractivity contribution in [1.82, 2.24) is 10.2 Å². The molecule has 0 spiro atoms. The summed E-state index contributed by atoms with van der Waals surface area (Å²) in [6.07, 6.45) is 0.737. The van der Waals surface area contributed by atoms with Crippen molar-refractivity contribution in [3.05, 3.63) is 94.0 Å². The SMILES string of the molecule is CC[C@@H](C)NC(=O)[C@@H](C)N(Cc1ccccc1C)C(=O)CN(c1ccc(C)c(Cl)c1)S(=O)(=O)c1ccc(C)cc1. The van der Waals surface area contributed by atoms with Crippen LogP contribution < -0.4 is 9.62 Å². The molecule has 3 aromatic carbocycles. The Morgan fingerprint density at radius 2 is 1.57 bits per heavy atom. The van der Waals surface area contributed by atoms with Crippen molar-refractivity contribution >= 4 is 39.1 Å². The Morgan fingerprint density at radius 1 is 0.925 bits per heavy atom. The van der Waals surface area contributed by atoms with Crippen molar-refractivity contribution in [1.29, 1.82) is 0 Å². The van der Waals surface area contributed by atoms with E-state index in [1.807, 2.05) is 58.9 Å². The zero-order chi connectivity index (χ0) is 29.6. The number of nitrogens with one attached hydrogen (secondary N) is 1. The monoisotopic (exact) mass is 583 g/mol. The largest absolute Gasteiger partial charge is 0.352 e. The zero-order valence-electron chi connectivity index (χ0n) is 23.9. The summed E-state index contributed by atoms with van der Waals surface area (Å²) in [5, 5.41) is 3.32. The number of hydrogen-bond donors (Lipinski definition) is 1. The van der Waals surface area contributed by atoms with E-state index in [9.17, 15) is 18.0 Å². The first-order chi connectivity index (χ1) is 18.8. The number of hydrogen-bond acceptors (Lipinski definition) is 4. The van der Waals surface area contributed by atoms with Gasteiger partial charge in [0.2, 0.25) is 11.8 Å². The lowest BCUT2D eigenvalue weighted by Gasteiger charge is -2.33. The third-order valence-corrected chi connectivity index (χ3v) is 9.30. The van der Waals surface area contributed by atoms with E-state index >= 15 is 0 Å². The molecular weight excluding hydrogens is 546 g/mol. The van der Waals surface area contributed by atoms with Gasteiger partial charge in [0.25, 0.3) is 10.0 Å². The van der Waals surface area contributed by atoms with Gasteiger partial charge in [-0.1, -0.05) is 66.6 Å². The van der Waals surface area contributed by atoms with Crippen LogP contribution in [0.1, 0.15) is 49.4 Å². The Bertz CT molecular complexity index is 1460. The van der Waals surface area contributed by atoms with Gasteiger partial charge in [-0.2, -0.15) is 0 Å². The van der Waals surface area contributed by atoms with Crippen molar-refractivity contribution in [3.8, 4) is 0 Å². The van der Waals surface area contributed by atoms with E-state index in [4.69, 9.17) is 11.6 Å². The first-order valence-corrected chi connectivity index (χ1v) is 15.2. The predicted molar refractivity (Wildman–Crippen MR) is 161 cm³/mol. The van der Waals surface area contributed by atoms with Crippen LogP contribution in [0.15, 0.2) is 71.6 Å². The summed E-state index contributed by atoms with van der Waals surface area (Å²) in [5.41, 5.74) is 3.78. The third kappa shape index (κ3) is 7.43. The second-order valence-electron chi connectivity index (χ2n) is 10.2. The van der Waals surface area contributed by atoms with Gasteiger partial charge in [0.1, 0.15) is 12.6 Å². The minimum absolute atomic E-state index is 0.0515. The van der Waals surface area contributed by atoms with E-state index < -0.39 is 28.5 Å². The van der Waals surface area contributed by atoms with Crippen LogP contribution in [-0.2, 0) is 26.2 Å². The first kappa shape index (κ1) is 31.2. The number of aryl methyl sites for hydroxylation is 3. The second kappa shape index (κ2) is 13.3. The summed E-state index contributed by atoms with van der Waals surface area (Å²) in [5.74, 6) is -0.815. The fourth-order valence-corrected chi connectivity index (χ4v) is 5.70. The van der Waals surface area contributed by atoms with Gasteiger partial charge < -0.3 is 10.2 Å². The highest BCUT2D eigenvalue weighted by molar-refractivity contribution is 7.92. The highest BCUT2D eigenvalue weighted by Gasteiger charge is 2.33. The molecule has 1 N–H and O–H groups in total. The summed E-state index contributed by atoms with van der Waals surface area (Å²) in [7, 11) is -4.15. The molecule has 0 saturated carbocycles. The number of carbonyl (C=O) groups excluding carboxylic acids is 2. The lowest BCUT2D eigenvalue weighted by molar-refractivity contribution is -0.139. The molecule has 0 aromatic heterocycles. The molecule has 0 aliphatic carbocycles. The number of anilines is 1. The zero-order valence-corrected chi connectivity index (χ0v) is 25.5. The van der Waals surface area contributed by atoms with E-state index in [0.717, 1.165) is 33.0 Å². The molecule has 3 aromatic rings. The van der Waals surface area contributed by atoms with Gasteiger partial charge in [-0.15, -0.1) is 0 Å². The van der Waals surface area contributed by atoms with Gasteiger partial charge in [-0.05, 0) is 82.0 Å². The van der Waals surface area contributed by atoms with Crippen molar-refractivity contribution in [2.45, 2.75) is 71.5 Å². The van der Waals surface area contributed by atoms with E-state index in [0.29, 0.717) is 5.02 Å².